The van der Waals surface area contributed by atoms with E-state index in [1.165, 1.54) is 12.5 Å². The quantitative estimate of drug-likeness (QED) is 0.655. The van der Waals surface area contributed by atoms with Gasteiger partial charge in [0.1, 0.15) is 10.6 Å². The van der Waals surface area contributed by atoms with Gasteiger partial charge in [-0.1, -0.05) is 11.3 Å². The summed E-state index contributed by atoms with van der Waals surface area (Å²) in [7, 11) is 0. The Labute approximate surface area is 164 Å². The molecule has 1 aliphatic rings. The van der Waals surface area contributed by atoms with Gasteiger partial charge in [0, 0.05) is 24.4 Å². The lowest BCUT2D eigenvalue weighted by Crippen LogP contribution is -2.14. The molecule has 1 atom stereocenters. The van der Waals surface area contributed by atoms with E-state index in [0.29, 0.717) is 46.7 Å². The molecular weight excluding hydrogens is 382 g/mol. The van der Waals surface area contributed by atoms with E-state index < -0.39 is 0 Å². The van der Waals surface area contributed by atoms with E-state index in [1.54, 1.807) is 24.3 Å². The molecule has 0 saturated carbocycles. The highest BCUT2D eigenvalue weighted by molar-refractivity contribution is 7.18. The van der Waals surface area contributed by atoms with E-state index in [1.807, 2.05) is 6.92 Å². The van der Waals surface area contributed by atoms with Crippen molar-refractivity contribution in [3.8, 4) is 11.5 Å². The fourth-order valence-electron chi connectivity index (χ4n) is 2.82. The Balaban J connectivity index is 0.00000225. The molecule has 0 spiro atoms. The molecule has 0 bridgehead atoms. The summed E-state index contributed by atoms with van der Waals surface area (Å²) in [6, 6.07) is 6.94. The molecule has 3 N–H and O–H groups in total. The molecule has 28 heavy (non-hydrogen) atoms. The monoisotopic (exact) mass is 401 g/mol. The van der Waals surface area contributed by atoms with Crippen LogP contribution in [0.3, 0.4) is 0 Å². The maximum absolute atomic E-state index is 12.9. The SMILES string of the molecule is Cc1ccc(C(=O)Nc2nc(-c3ccco3)c(C(=O)C3CCOC3)s2)cn1.O. The molecule has 0 aliphatic carbocycles. The normalized spacial score (nSPS) is 15.8. The Kier molecular flexibility index (Phi) is 5.98. The van der Waals surface area contributed by atoms with Gasteiger partial charge in [0.2, 0.25) is 0 Å². The smallest absolute Gasteiger partial charge is 0.259 e. The first-order valence-electron chi connectivity index (χ1n) is 8.52. The second kappa shape index (κ2) is 8.42. The largest absolute Gasteiger partial charge is 0.463 e. The van der Waals surface area contributed by atoms with Crippen LogP contribution in [0.25, 0.3) is 11.5 Å². The molecule has 1 saturated heterocycles. The number of aryl methyl sites for hydroxylation is 1. The number of aromatic nitrogens is 2. The first-order chi connectivity index (χ1) is 13.1. The number of thiazole rings is 1. The Bertz CT molecular complexity index is 960. The number of hydrogen-bond acceptors (Lipinski definition) is 7. The van der Waals surface area contributed by atoms with Crippen LogP contribution in [0.2, 0.25) is 0 Å². The van der Waals surface area contributed by atoms with Crippen molar-refractivity contribution in [2.24, 2.45) is 5.92 Å². The minimum absolute atomic E-state index is 0. The van der Waals surface area contributed by atoms with Gasteiger partial charge in [-0.15, -0.1) is 0 Å². The van der Waals surface area contributed by atoms with Gasteiger partial charge in [0.05, 0.1) is 18.4 Å². The van der Waals surface area contributed by atoms with Crippen LogP contribution in [0.4, 0.5) is 5.13 Å². The lowest BCUT2D eigenvalue weighted by Gasteiger charge is -2.04. The Morgan fingerprint density at radius 3 is 2.79 bits per heavy atom. The van der Waals surface area contributed by atoms with Crippen molar-refractivity contribution in [1.29, 1.82) is 0 Å². The molecule has 0 aromatic carbocycles. The summed E-state index contributed by atoms with van der Waals surface area (Å²) in [5.41, 5.74) is 1.69. The fraction of sp³-hybridized carbons (Fsp3) is 0.263. The van der Waals surface area contributed by atoms with Crippen molar-refractivity contribution in [3.05, 3.63) is 52.9 Å². The second-order valence-electron chi connectivity index (χ2n) is 6.24. The van der Waals surface area contributed by atoms with Gasteiger partial charge in [0.15, 0.2) is 16.7 Å². The molecule has 8 nitrogen and oxygen atoms in total. The number of anilines is 1. The number of Topliss-reactive ketones (excluding diaryl/α,β-unsaturated/α-hetero) is 1. The molecule has 3 aromatic rings. The predicted molar refractivity (Wildman–Crippen MR) is 104 cm³/mol. The molecule has 4 heterocycles. The molecule has 1 unspecified atom stereocenters. The third-order valence-corrected chi connectivity index (χ3v) is 5.29. The number of carbonyl (C=O) groups excluding carboxylic acids is 2. The van der Waals surface area contributed by atoms with Gasteiger partial charge in [0.25, 0.3) is 5.91 Å². The molecule has 146 valence electrons. The minimum Gasteiger partial charge on any atom is -0.463 e. The van der Waals surface area contributed by atoms with Gasteiger partial charge in [-0.2, -0.15) is 0 Å². The van der Waals surface area contributed by atoms with Gasteiger partial charge in [-0.3, -0.25) is 19.9 Å². The maximum Gasteiger partial charge on any atom is 0.259 e. The van der Waals surface area contributed by atoms with E-state index in [0.717, 1.165) is 17.0 Å². The van der Waals surface area contributed by atoms with Crippen LogP contribution >= 0.6 is 11.3 Å². The van der Waals surface area contributed by atoms with Crippen LogP contribution in [0, 0.1) is 12.8 Å². The number of pyridine rings is 1. The summed E-state index contributed by atoms with van der Waals surface area (Å²) in [5.74, 6) is -0.0608. The van der Waals surface area contributed by atoms with Crippen LogP contribution in [-0.2, 0) is 4.74 Å². The zero-order valence-electron chi connectivity index (χ0n) is 15.1. The number of ketones is 1. The average Bonchev–Trinajstić information content (AvgIpc) is 3.42. The summed E-state index contributed by atoms with van der Waals surface area (Å²) in [5, 5.41) is 3.09. The highest BCUT2D eigenvalue weighted by atomic mass is 32.1. The molecule has 9 heteroatoms. The van der Waals surface area contributed by atoms with Crippen molar-refractivity contribution >= 4 is 28.2 Å². The number of hydrogen-bond donors (Lipinski definition) is 1. The summed E-state index contributed by atoms with van der Waals surface area (Å²) in [6.45, 7) is 2.84. The molecule has 3 aromatic heterocycles. The van der Waals surface area contributed by atoms with Gasteiger partial charge in [-0.05, 0) is 37.6 Å². The number of ether oxygens (including phenoxy) is 1. The number of nitrogens with one attached hydrogen (secondary N) is 1. The highest BCUT2D eigenvalue weighted by Gasteiger charge is 2.30. The van der Waals surface area contributed by atoms with Crippen LogP contribution < -0.4 is 5.32 Å². The van der Waals surface area contributed by atoms with Crippen LogP contribution in [0.15, 0.2) is 41.1 Å². The van der Waals surface area contributed by atoms with Gasteiger partial charge in [-0.25, -0.2) is 4.98 Å². The van der Waals surface area contributed by atoms with E-state index in [4.69, 9.17) is 9.15 Å². The molecule has 4 rings (SSSR count). The standard InChI is InChI=1S/C19H17N3O4S.H2O/c1-11-4-5-12(9-20-11)18(24)22-19-21-15(14-3-2-7-26-14)17(27-19)16(23)13-6-8-25-10-13;/h2-5,7,9,13H,6,8,10H2,1H3,(H,21,22,24);1H2. The zero-order valence-corrected chi connectivity index (χ0v) is 15.9. The first-order valence-corrected chi connectivity index (χ1v) is 9.34. The zero-order chi connectivity index (χ0) is 18.8. The summed E-state index contributed by atoms with van der Waals surface area (Å²) >= 11 is 1.15. The van der Waals surface area contributed by atoms with Gasteiger partial charge >= 0.3 is 0 Å². The fourth-order valence-corrected chi connectivity index (χ4v) is 3.80. The molecule has 1 fully saturated rings. The van der Waals surface area contributed by atoms with Crippen LogP contribution in [0.5, 0.6) is 0 Å². The van der Waals surface area contributed by atoms with E-state index in [2.05, 4.69) is 15.3 Å². The van der Waals surface area contributed by atoms with Crippen LogP contribution in [-0.4, -0.2) is 40.3 Å². The lowest BCUT2D eigenvalue weighted by molar-refractivity contribution is 0.0904. The minimum atomic E-state index is -0.328. The van der Waals surface area contributed by atoms with Crippen molar-refractivity contribution < 1.29 is 24.2 Å². The Morgan fingerprint density at radius 1 is 1.29 bits per heavy atom. The summed E-state index contributed by atoms with van der Waals surface area (Å²) in [4.78, 5) is 34.4. The third-order valence-electron chi connectivity index (χ3n) is 4.30. The van der Waals surface area contributed by atoms with Crippen molar-refractivity contribution in [1.82, 2.24) is 9.97 Å². The number of rotatable bonds is 5. The summed E-state index contributed by atoms with van der Waals surface area (Å²) in [6.07, 6.45) is 3.72. The summed E-state index contributed by atoms with van der Waals surface area (Å²) < 4.78 is 10.8. The number of amides is 1. The number of furan rings is 1. The molecule has 1 aliphatic heterocycles. The lowest BCUT2D eigenvalue weighted by atomic mass is 10.0. The first kappa shape index (κ1) is 19.9. The molecular formula is C19H19N3O5S. The maximum atomic E-state index is 12.9. The number of carbonyl (C=O) groups is 2. The average molecular weight is 401 g/mol. The van der Waals surface area contributed by atoms with Crippen molar-refractivity contribution in [2.75, 3.05) is 18.5 Å². The van der Waals surface area contributed by atoms with Crippen molar-refractivity contribution in [2.45, 2.75) is 13.3 Å². The van der Waals surface area contributed by atoms with E-state index in [9.17, 15) is 9.59 Å². The predicted octanol–water partition coefficient (Wildman–Crippen LogP) is 2.75. The highest BCUT2D eigenvalue weighted by Crippen LogP contribution is 2.34. The van der Waals surface area contributed by atoms with E-state index in [-0.39, 0.29) is 23.1 Å². The molecule has 0 radical (unpaired) electrons. The second-order valence-corrected chi connectivity index (χ2v) is 7.24. The topological polar surface area (TPSA) is 126 Å². The molecule has 1 amide bonds. The third kappa shape index (κ3) is 4.01. The van der Waals surface area contributed by atoms with Crippen LogP contribution in [0.1, 0.15) is 32.1 Å². The Hall–Kier alpha value is -2.88. The Morgan fingerprint density at radius 2 is 2.14 bits per heavy atom. The van der Waals surface area contributed by atoms with E-state index >= 15 is 0 Å². The van der Waals surface area contributed by atoms with Gasteiger partial charge < -0.3 is 14.6 Å². The number of nitrogens with zero attached hydrogens (tertiary/aromatic N) is 2. The van der Waals surface area contributed by atoms with Crippen molar-refractivity contribution in [3.63, 3.8) is 0 Å².